The zero-order valence-corrected chi connectivity index (χ0v) is 12.6. The number of carboxylic acids is 1. The fraction of sp³-hybridized carbons (Fsp3) is 0.176. The second-order valence-electron chi connectivity index (χ2n) is 5.07. The summed E-state index contributed by atoms with van der Waals surface area (Å²) in [4.78, 5) is 15.0. The zero-order valence-electron chi connectivity index (χ0n) is 12.6. The lowest BCUT2D eigenvalue weighted by molar-refractivity contribution is -0.136. The van der Waals surface area contributed by atoms with E-state index in [4.69, 9.17) is 14.3 Å². The number of aromatic nitrogens is 1. The first-order chi connectivity index (χ1) is 11.1. The summed E-state index contributed by atoms with van der Waals surface area (Å²) < 4.78 is 10.8. The monoisotopic (exact) mass is 312 g/mol. The topological polar surface area (TPSA) is 84.6 Å². The molecule has 0 saturated carbocycles. The molecule has 0 spiro atoms. The Kier molecular flexibility index (Phi) is 4.14. The Hall–Kier alpha value is -3.02. The van der Waals surface area contributed by atoms with Gasteiger partial charge in [-0.3, -0.25) is 4.79 Å². The highest BCUT2D eigenvalue weighted by molar-refractivity contribution is 5.76. The van der Waals surface area contributed by atoms with Gasteiger partial charge >= 0.3 is 5.97 Å². The Bertz CT molecular complexity index is 824. The first kappa shape index (κ1) is 14.9. The zero-order chi connectivity index (χ0) is 16.2. The lowest BCUT2D eigenvalue weighted by atomic mass is 10.1. The number of carboxylic acid groups (broad SMARTS) is 1. The van der Waals surface area contributed by atoms with Crippen LogP contribution in [0, 0.1) is 0 Å². The van der Waals surface area contributed by atoms with Gasteiger partial charge in [0.05, 0.1) is 7.11 Å². The Morgan fingerprint density at radius 1 is 1.26 bits per heavy atom. The number of nitrogens with one attached hydrogen (secondary N) is 1. The van der Waals surface area contributed by atoms with E-state index in [0.717, 1.165) is 17.0 Å². The molecule has 3 aromatic rings. The van der Waals surface area contributed by atoms with Gasteiger partial charge in [0.25, 0.3) is 6.01 Å². The normalized spacial score (nSPS) is 10.7. The van der Waals surface area contributed by atoms with Gasteiger partial charge in [0.2, 0.25) is 0 Å². The van der Waals surface area contributed by atoms with Crippen molar-refractivity contribution in [2.45, 2.75) is 12.8 Å². The van der Waals surface area contributed by atoms with Crippen molar-refractivity contribution >= 4 is 28.8 Å². The van der Waals surface area contributed by atoms with Crippen LogP contribution in [0.5, 0.6) is 5.75 Å². The van der Waals surface area contributed by atoms with Crippen molar-refractivity contribution in [2.75, 3.05) is 12.4 Å². The number of nitrogens with zero attached hydrogens (tertiary/aromatic N) is 1. The summed E-state index contributed by atoms with van der Waals surface area (Å²) in [5.74, 6) is -0.0386. The summed E-state index contributed by atoms with van der Waals surface area (Å²) in [6.07, 6.45) is 0.569. The van der Waals surface area contributed by atoms with Crippen molar-refractivity contribution in [2.24, 2.45) is 0 Å². The highest BCUT2D eigenvalue weighted by atomic mass is 16.5. The number of hydrogen-bond donors (Lipinski definition) is 2. The number of aryl methyl sites for hydroxylation is 1. The number of rotatable bonds is 6. The lowest BCUT2D eigenvalue weighted by Gasteiger charge is -2.02. The molecule has 2 N–H and O–H groups in total. The maximum Gasteiger partial charge on any atom is 0.303 e. The first-order valence-corrected chi connectivity index (χ1v) is 7.16. The number of hydrogen-bond acceptors (Lipinski definition) is 5. The molecule has 1 aromatic heterocycles. The van der Waals surface area contributed by atoms with Crippen LogP contribution in [-0.2, 0) is 11.2 Å². The van der Waals surface area contributed by atoms with E-state index in [9.17, 15) is 4.79 Å². The van der Waals surface area contributed by atoms with Gasteiger partial charge in [-0.25, -0.2) is 0 Å². The molecule has 0 amide bonds. The minimum absolute atomic E-state index is 0.0975. The highest BCUT2D eigenvalue weighted by Gasteiger charge is 2.08. The minimum atomic E-state index is -0.813. The maximum absolute atomic E-state index is 10.6. The number of oxazole rings is 1. The number of carbonyl (C=O) groups is 1. The van der Waals surface area contributed by atoms with E-state index in [1.165, 1.54) is 0 Å². The first-order valence-electron chi connectivity index (χ1n) is 7.16. The summed E-state index contributed by atoms with van der Waals surface area (Å²) >= 11 is 0. The molecule has 0 unspecified atom stereocenters. The van der Waals surface area contributed by atoms with Gasteiger partial charge in [0, 0.05) is 12.1 Å². The van der Waals surface area contributed by atoms with Gasteiger partial charge in [-0.1, -0.05) is 6.07 Å². The average Bonchev–Trinajstić information content (AvgIpc) is 2.95. The van der Waals surface area contributed by atoms with Gasteiger partial charge in [-0.2, -0.15) is 4.98 Å². The van der Waals surface area contributed by atoms with Crippen molar-refractivity contribution in [3.05, 3.63) is 48.0 Å². The fourth-order valence-corrected chi connectivity index (χ4v) is 2.23. The van der Waals surface area contributed by atoms with Crippen LogP contribution in [0.2, 0.25) is 0 Å². The molecular weight excluding hydrogens is 296 g/mol. The van der Waals surface area contributed by atoms with Crippen molar-refractivity contribution < 1.29 is 19.1 Å². The molecule has 1 heterocycles. The van der Waals surface area contributed by atoms with Gasteiger partial charge in [0.1, 0.15) is 11.3 Å². The van der Waals surface area contributed by atoms with Crippen LogP contribution in [0.15, 0.2) is 46.9 Å². The highest BCUT2D eigenvalue weighted by Crippen LogP contribution is 2.24. The van der Waals surface area contributed by atoms with Gasteiger partial charge in [0.15, 0.2) is 5.58 Å². The number of aliphatic carboxylic acids is 1. The van der Waals surface area contributed by atoms with E-state index in [1.54, 1.807) is 13.2 Å². The molecule has 0 radical (unpaired) electrons. The second-order valence-corrected chi connectivity index (χ2v) is 5.07. The van der Waals surface area contributed by atoms with Crippen LogP contribution in [0.3, 0.4) is 0 Å². The van der Waals surface area contributed by atoms with Gasteiger partial charge < -0.3 is 19.6 Å². The summed E-state index contributed by atoms with van der Waals surface area (Å²) in [5, 5.41) is 11.8. The van der Waals surface area contributed by atoms with E-state index >= 15 is 0 Å². The van der Waals surface area contributed by atoms with Crippen LogP contribution >= 0.6 is 0 Å². The largest absolute Gasteiger partial charge is 0.497 e. The van der Waals surface area contributed by atoms with E-state index in [0.29, 0.717) is 23.5 Å². The smallest absolute Gasteiger partial charge is 0.303 e. The quantitative estimate of drug-likeness (QED) is 0.723. The predicted molar refractivity (Wildman–Crippen MR) is 86.2 cm³/mol. The molecule has 3 rings (SSSR count). The van der Waals surface area contributed by atoms with Crippen LogP contribution in [0.4, 0.5) is 11.7 Å². The number of methoxy groups -OCH3 is 1. The molecule has 0 aliphatic rings. The molecule has 0 aliphatic heterocycles. The third-order valence-corrected chi connectivity index (χ3v) is 3.42. The summed E-state index contributed by atoms with van der Waals surface area (Å²) in [7, 11) is 1.62. The standard InChI is InChI=1S/C17H16N2O4/c1-22-13-6-4-12(5-7-13)18-17-19-14-10-11(3-9-16(20)21)2-8-15(14)23-17/h2,4-8,10H,3,9H2,1H3,(H,18,19)(H,20,21). The maximum atomic E-state index is 10.6. The molecule has 0 atom stereocenters. The van der Waals surface area contributed by atoms with E-state index in [2.05, 4.69) is 10.3 Å². The fourth-order valence-electron chi connectivity index (χ4n) is 2.23. The number of fused-ring (bicyclic) bond motifs is 1. The van der Waals surface area contributed by atoms with Gasteiger partial charge in [-0.05, 0) is 48.4 Å². The average molecular weight is 312 g/mol. The van der Waals surface area contributed by atoms with Gasteiger partial charge in [-0.15, -0.1) is 0 Å². The Morgan fingerprint density at radius 2 is 2.04 bits per heavy atom. The molecule has 0 bridgehead atoms. The Morgan fingerprint density at radius 3 is 2.74 bits per heavy atom. The third-order valence-electron chi connectivity index (χ3n) is 3.42. The Balaban J connectivity index is 1.77. The molecule has 2 aromatic carbocycles. The number of benzene rings is 2. The SMILES string of the molecule is COc1ccc(Nc2nc3cc(CCC(=O)O)ccc3o2)cc1. The molecule has 0 fully saturated rings. The predicted octanol–water partition coefficient (Wildman–Crippen LogP) is 3.60. The molecule has 118 valence electrons. The van der Waals surface area contributed by atoms with Crippen LogP contribution in [-0.4, -0.2) is 23.2 Å². The van der Waals surface area contributed by atoms with Crippen molar-refractivity contribution in [1.82, 2.24) is 4.98 Å². The summed E-state index contributed by atoms with van der Waals surface area (Å²) in [6, 6.07) is 13.3. The van der Waals surface area contributed by atoms with E-state index < -0.39 is 5.97 Å². The number of ether oxygens (including phenoxy) is 1. The number of anilines is 2. The molecule has 23 heavy (non-hydrogen) atoms. The van der Waals surface area contributed by atoms with Crippen LogP contribution < -0.4 is 10.1 Å². The molecule has 0 saturated heterocycles. The van der Waals surface area contributed by atoms with E-state index in [-0.39, 0.29) is 6.42 Å². The van der Waals surface area contributed by atoms with Crippen LogP contribution in [0.25, 0.3) is 11.1 Å². The molecule has 0 aliphatic carbocycles. The second kappa shape index (κ2) is 6.39. The van der Waals surface area contributed by atoms with Crippen molar-refractivity contribution in [3.8, 4) is 5.75 Å². The molecular formula is C17H16N2O4. The van der Waals surface area contributed by atoms with Crippen LogP contribution in [0.1, 0.15) is 12.0 Å². The summed E-state index contributed by atoms with van der Waals surface area (Å²) in [6.45, 7) is 0. The Labute approximate surface area is 132 Å². The summed E-state index contributed by atoms with van der Waals surface area (Å²) in [5.41, 5.74) is 3.11. The molecule has 6 nitrogen and oxygen atoms in total. The third kappa shape index (κ3) is 3.60. The van der Waals surface area contributed by atoms with Crippen molar-refractivity contribution in [1.29, 1.82) is 0 Å². The van der Waals surface area contributed by atoms with E-state index in [1.807, 2.05) is 36.4 Å². The minimum Gasteiger partial charge on any atom is -0.497 e. The van der Waals surface area contributed by atoms with Crippen molar-refractivity contribution in [3.63, 3.8) is 0 Å². The lowest BCUT2D eigenvalue weighted by Crippen LogP contribution is -1.97. The molecule has 6 heteroatoms.